The minimum absolute atomic E-state index is 0.260. The average molecular weight is 241 g/mol. The van der Waals surface area contributed by atoms with Crippen LogP contribution in [0.25, 0.3) is 0 Å². The van der Waals surface area contributed by atoms with Crippen molar-refractivity contribution in [3.63, 3.8) is 0 Å². The van der Waals surface area contributed by atoms with Crippen LogP contribution in [0.3, 0.4) is 0 Å². The molecule has 0 unspecified atom stereocenters. The number of carbonyl (C=O) groups excluding carboxylic acids is 1. The molecule has 3 nitrogen and oxygen atoms in total. The van der Waals surface area contributed by atoms with Crippen LogP contribution < -0.4 is 0 Å². The summed E-state index contributed by atoms with van der Waals surface area (Å²) in [7, 11) is 1.77. The van der Waals surface area contributed by atoms with Crippen molar-refractivity contribution in [3.05, 3.63) is 22.4 Å². The molecular weight excluding hydrogens is 222 g/mol. The predicted molar refractivity (Wildman–Crippen MR) is 66.9 cm³/mol. The molecule has 0 saturated carbocycles. The maximum atomic E-state index is 11.6. The van der Waals surface area contributed by atoms with E-state index in [2.05, 4.69) is 6.07 Å². The van der Waals surface area contributed by atoms with E-state index < -0.39 is 5.60 Å². The molecule has 1 aromatic rings. The molecule has 1 aromatic heterocycles. The minimum Gasteiger partial charge on any atom is -0.444 e. The molecule has 1 heterocycles. The number of hydrogen-bond acceptors (Lipinski definition) is 3. The molecule has 0 aliphatic rings. The zero-order chi connectivity index (χ0) is 12.2. The van der Waals surface area contributed by atoms with E-state index in [-0.39, 0.29) is 6.09 Å². The maximum Gasteiger partial charge on any atom is 0.410 e. The summed E-state index contributed by atoms with van der Waals surface area (Å²) in [5.41, 5.74) is -0.422. The van der Waals surface area contributed by atoms with Gasteiger partial charge < -0.3 is 9.64 Å². The van der Waals surface area contributed by atoms with E-state index in [1.54, 1.807) is 23.3 Å². The van der Waals surface area contributed by atoms with Gasteiger partial charge in [0.1, 0.15) is 5.60 Å². The summed E-state index contributed by atoms with van der Waals surface area (Å²) in [5, 5.41) is 2.04. The summed E-state index contributed by atoms with van der Waals surface area (Å²) in [5.74, 6) is 0. The number of carbonyl (C=O) groups is 1. The molecule has 1 rings (SSSR count). The van der Waals surface area contributed by atoms with Gasteiger partial charge in [-0.1, -0.05) is 6.07 Å². The Labute approximate surface area is 101 Å². The van der Waals surface area contributed by atoms with Gasteiger partial charge in [0.15, 0.2) is 0 Å². The van der Waals surface area contributed by atoms with E-state index in [4.69, 9.17) is 4.74 Å². The first-order valence-corrected chi connectivity index (χ1v) is 6.23. The summed E-state index contributed by atoms with van der Waals surface area (Å²) in [6.07, 6.45) is 0.622. The molecule has 0 spiro atoms. The number of amides is 1. The van der Waals surface area contributed by atoms with Crippen LogP contribution in [-0.4, -0.2) is 30.2 Å². The van der Waals surface area contributed by atoms with Crippen LogP contribution in [0.4, 0.5) is 4.79 Å². The van der Waals surface area contributed by atoms with Gasteiger partial charge in [0, 0.05) is 18.5 Å². The van der Waals surface area contributed by atoms with Gasteiger partial charge in [0.25, 0.3) is 0 Å². The highest BCUT2D eigenvalue weighted by Gasteiger charge is 2.19. The number of likely N-dealkylation sites (N-methyl/N-ethyl adjacent to an activating group) is 1. The lowest BCUT2D eigenvalue weighted by atomic mass is 10.2. The van der Waals surface area contributed by atoms with E-state index in [1.807, 2.05) is 32.2 Å². The first kappa shape index (κ1) is 13.0. The Morgan fingerprint density at radius 1 is 1.50 bits per heavy atom. The second kappa shape index (κ2) is 5.34. The van der Waals surface area contributed by atoms with Gasteiger partial charge >= 0.3 is 6.09 Å². The first-order valence-electron chi connectivity index (χ1n) is 5.35. The molecule has 0 bridgehead atoms. The second-order valence-corrected chi connectivity index (χ2v) is 5.76. The number of hydrogen-bond donors (Lipinski definition) is 0. The van der Waals surface area contributed by atoms with Gasteiger partial charge in [-0.25, -0.2) is 4.79 Å². The third-order valence-electron chi connectivity index (χ3n) is 1.98. The third kappa shape index (κ3) is 4.66. The molecular formula is C12H19NO2S. The zero-order valence-corrected chi connectivity index (χ0v) is 11.1. The molecule has 16 heavy (non-hydrogen) atoms. The predicted octanol–water partition coefficient (Wildman–Crippen LogP) is 3.16. The smallest absolute Gasteiger partial charge is 0.410 e. The van der Waals surface area contributed by atoms with Crippen molar-refractivity contribution in [1.29, 1.82) is 0 Å². The highest BCUT2D eigenvalue weighted by molar-refractivity contribution is 7.09. The van der Waals surface area contributed by atoms with Gasteiger partial charge in [-0.3, -0.25) is 0 Å². The highest BCUT2D eigenvalue weighted by atomic mass is 32.1. The summed E-state index contributed by atoms with van der Waals surface area (Å²) in [6, 6.07) is 4.10. The molecule has 0 radical (unpaired) electrons. The fourth-order valence-electron chi connectivity index (χ4n) is 1.16. The molecule has 0 aliphatic heterocycles. The molecule has 0 aromatic carbocycles. The fraction of sp³-hybridized carbons (Fsp3) is 0.583. The average Bonchev–Trinajstić information content (AvgIpc) is 2.63. The summed E-state index contributed by atoms with van der Waals surface area (Å²) >= 11 is 1.71. The van der Waals surface area contributed by atoms with Gasteiger partial charge in [-0.2, -0.15) is 0 Å². The van der Waals surface area contributed by atoms with E-state index in [0.29, 0.717) is 6.54 Å². The Kier molecular flexibility index (Phi) is 4.35. The normalized spacial score (nSPS) is 11.2. The largest absolute Gasteiger partial charge is 0.444 e. The van der Waals surface area contributed by atoms with Crippen LogP contribution in [0.15, 0.2) is 17.5 Å². The lowest BCUT2D eigenvalue weighted by Gasteiger charge is -2.24. The van der Waals surface area contributed by atoms with E-state index >= 15 is 0 Å². The first-order chi connectivity index (χ1) is 7.38. The van der Waals surface area contributed by atoms with Crippen molar-refractivity contribution >= 4 is 17.4 Å². The quantitative estimate of drug-likeness (QED) is 0.813. The number of ether oxygens (including phenoxy) is 1. The van der Waals surface area contributed by atoms with E-state index in [0.717, 1.165) is 6.42 Å². The number of rotatable bonds is 3. The lowest BCUT2D eigenvalue weighted by Crippen LogP contribution is -2.35. The standard InChI is InChI=1S/C12H19NO2S/c1-12(2,3)15-11(14)13(4)8-7-10-6-5-9-16-10/h5-6,9H,7-8H2,1-4H3. The van der Waals surface area contributed by atoms with Gasteiger partial charge in [-0.05, 0) is 38.6 Å². The van der Waals surface area contributed by atoms with Crippen molar-refractivity contribution in [3.8, 4) is 0 Å². The van der Waals surface area contributed by atoms with Gasteiger partial charge in [-0.15, -0.1) is 11.3 Å². The van der Waals surface area contributed by atoms with Crippen LogP contribution in [0.1, 0.15) is 25.6 Å². The van der Waals surface area contributed by atoms with Crippen molar-refractivity contribution < 1.29 is 9.53 Å². The van der Waals surface area contributed by atoms with Crippen molar-refractivity contribution in [2.45, 2.75) is 32.8 Å². The molecule has 4 heteroatoms. The number of thiophene rings is 1. The van der Waals surface area contributed by atoms with Crippen LogP contribution in [-0.2, 0) is 11.2 Å². The molecule has 90 valence electrons. The zero-order valence-electron chi connectivity index (χ0n) is 10.3. The highest BCUT2D eigenvalue weighted by Crippen LogP contribution is 2.12. The minimum atomic E-state index is -0.422. The summed E-state index contributed by atoms with van der Waals surface area (Å²) in [4.78, 5) is 14.5. The van der Waals surface area contributed by atoms with Crippen molar-refractivity contribution in [2.24, 2.45) is 0 Å². The lowest BCUT2D eigenvalue weighted by molar-refractivity contribution is 0.0301. The number of nitrogens with zero attached hydrogens (tertiary/aromatic N) is 1. The Hall–Kier alpha value is -1.03. The van der Waals surface area contributed by atoms with Gasteiger partial charge in [0.2, 0.25) is 0 Å². The van der Waals surface area contributed by atoms with Crippen LogP contribution in [0.2, 0.25) is 0 Å². The second-order valence-electron chi connectivity index (χ2n) is 4.73. The molecule has 0 fully saturated rings. The maximum absolute atomic E-state index is 11.6. The summed E-state index contributed by atoms with van der Waals surface area (Å²) < 4.78 is 5.26. The van der Waals surface area contributed by atoms with Gasteiger partial charge in [0.05, 0.1) is 0 Å². The Bertz CT molecular complexity index is 327. The molecule has 0 saturated heterocycles. The van der Waals surface area contributed by atoms with Crippen LogP contribution in [0.5, 0.6) is 0 Å². The fourth-order valence-corrected chi connectivity index (χ4v) is 1.86. The van der Waals surface area contributed by atoms with Crippen LogP contribution in [0, 0.1) is 0 Å². The SMILES string of the molecule is CN(CCc1cccs1)C(=O)OC(C)(C)C. The molecule has 0 atom stereocenters. The van der Waals surface area contributed by atoms with E-state index in [9.17, 15) is 4.79 Å². The van der Waals surface area contributed by atoms with Crippen molar-refractivity contribution in [2.75, 3.05) is 13.6 Å². The topological polar surface area (TPSA) is 29.5 Å². The Morgan fingerprint density at radius 2 is 2.19 bits per heavy atom. The molecule has 0 N–H and O–H groups in total. The molecule has 0 aliphatic carbocycles. The van der Waals surface area contributed by atoms with E-state index in [1.165, 1.54) is 4.88 Å². The third-order valence-corrected chi connectivity index (χ3v) is 2.92. The Morgan fingerprint density at radius 3 is 2.69 bits per heavy atom. The molecule has 1 amide bonds. The van der Waals surface area contributed by atoms with Crippen LogP contribution >= 0.6 is 11.3 Å². The van der Waals surface area contributed by atoms with Crippen molar-refractivity contribution in [1.82, 2.24) is 4.90 Å². The Balaban J connectivity index is 2.35. The monoisotopic (exact) mass is 241 g/mol. The summed E-state index contributed by atoms with van der Waals surface area (Å²) in [6.45, 7) is 6.31.